The maximum Gasteiger partial charge on any atom is 0.407 e. The van der Waals surface area contributed by atoms with E-state index in [1.54, 1.807) is 0 Å². The van der Waals surface area contributed by atoms with Gasteiger partial charge < -0.3 is 15.5 Å². The van der Waals surface area contributed by atoms with Crippen LogP contribution in [0.25, 0.3) is 0 Å². The number of nitrogens with one attached hydrogen (secondary N) is 2. The number of carbonyl (C=O) groups excluding carboxylic acids is 1. The van der Waals surface area contributed by atoms with Crippen molar-refractivity contribution in [3.05, 3.63) is 35.9 Å². The number of rotatable bonds is 4. The number of benzene rings is 1. The molecule has 4 heteroatoms. The van der Waals surface area contributed by atoms with E-state index in [4.69, 9.17) is 10.1 Å². The van der Waals surface area contributed by atoms with Gasteiger partial charge >= 0.3 is 6.09 Å². The summed E-state index contributed by atoms with van der Waals surface area (Å²) >= 11 is 0. The summed E-state index contributed by atoms with van der Waals surface area (Å²) in [5.41, 5.74) is 0.942. The zero-order valence-electron chi connectivity index (χ0n) is 7.69. The van der Waals surface area contributed by atoms with Crippen LogP contribution in [0.15, 0.2) is 30.3 Å². The van der Waals surface area contributed by atoms with Crippen LogP contribution in [0.1, 0.15) is 5.56 Å². The van der Waals surface area contributed by atoms with Crippen molar-refractivity contribution < 1.29 is 9.53 Å². The molecule has 0 radical (unpaired) electrons. The fourth-order valence-electron chi connectivity index (χ4n) is 0.909. The zero-order chi connectivity index (χ0) is 10.2. The highest BCUT2D eigenvalue weighted by Crippen LogP contribution is 1.99. The Hall–Kier alpha value is -1.84. The fourth-order valence-corrected chi connectivity index (χ4v) is 0.909. The third-order valence-electron chi connectivity index (χ3n) is 1.56. The SMILES string of the molecule is N=CCNC(=O)OCc1ccccc1. The molecule has 0 fully saturated rings. The van der Waals surface area contributed by atoms with E-state index < -0.39 is 6.09 Å². The van der Waals surface area contributed by atoms with E-state index in [0.29, 0.717) is 0 Å². The molecule has 0 unspecified atom stereocenters. The summed E-state index contributed by atoms with van der Waals surface area (Å²) in [6, 6.07) is 9.43. The van der Waals surface area contributed by atoms with Gasteiger partial charge in [-0.1, -0.05) is 30.3 Å². The number of hydrogen-bond donors (Lipinski definition) is 2. The van der Waals surface area contributed by atoms with Crippen LogP contribution in [0, 0.1) is 5.41 Å². The molecule has 0 heterocycles. The molecule has 1 amide bonds. The number of carbonyl (C=O) groups is 1. The van der Waals surface area contributed by atoms with E-state index in [1.165, 1.54) is 0 Å². The van der Waals surface area contributed by atoms with Crippen molar-refractivity contribution in [1.82, 2.24) is 5.32 Å². The number of hydrogen-bond acceptors (Lipinski definition) is 3. The minimum atomic E-state index is -0.502. The van der Waals surface area contributed by atoms with Crippen LogP contribution in [0.2, 0.25) is 0 Å². The summed E-state index contributed by atoms with van der Waals surface area (Å²) in [7, 11) is 0. The van der Waals surface area contributed by atoms with Gasteiger partial charge in [-0.3, -0.25) is 0 Å². The second kappa shape index (κ2) is 5.75. The normalized spacial score (nSPS) is 9.14. The third-order valence-corrected chi connectivity index (χ3v) is 1.56. The standard InChI is InChI=1S/C10H12N2O2/c11-6-7-12-10(13)14-8-9-4-2-1-3-5-9/h1-6,11H,7-8H2,(H,12,13). The van der Waals surface area contributed by atoms with Crippen LogP contribution in [-0.2, 0) is 11.3 Å². The molecular weight excluding hydrogens is 180 g/mol. The first-order valence-electron chi connectivity index (χ1n) is 4.26. The molecule has 0 aliphatic rings. The second-order valence-electron chi connectivity index (χ2n) is 2.65. The predicted molar refractivity (Wildman–Crippen MR) is 53.4 cm³/mol. The van der Waals surface area contributed by atoms with Gasteiger partial charge in [-0.25, -0.2) is 4.79 Å². The molecule has 0 aliphatic carbocycles. The Balaban J connectivity index is 2.27. The van der Waals surface area contributed by atoms with E-state index in [0.717, 1.165) is 11.8 Å². The molecule has 0 aliphatic heterocycles. The minimum Gasteiger partial charge on any atom is -0.445 e. The van der Waals surface area contributed by atoms with Crippen LogP contribution >= 0.6 is 0 Å². The highest BCUT2D eigenvalue weighted by atomic mass is 16.5. The Morgan fingerprint density at radius 3 is 2.79 bits per heavy atom. The first-order chi connectivity index (χ1) is 6.83. The van der Waals surface area contributed by atoms with Gasteiger partial charge in [0.2, 0.25) is 0 Å². The summed E-state index contributed by atoms with van der Waals surface area (Å²) in [5, 5.41) is 9.10. The lowest BCUT2D eigenvalue weighted by atomic mass is 10.2. The Bertz CT molecular complexity index is 298. The molecule has 0 aromatic heterocycles. The summed E-state index contributed by atoms with van der Waals surface area (Å²) in [6.45, 7) is 0.457. The molecule has 14 heavy (non-hydrogen) atoms. The molecule has 0 saturated heterocycles. The van der Waals surface area contributed by atoms with Crippen molar-refractivity contribution in [3.8, 4) is 0 Å². The smallest absolute Gasteiger partial charge is 0.407 e. The maximum absolute atomic E-state index is 10.9. The molecule has 0 spiro atoms. The van der Waals surface area contributed by atoms with Crippen LogP contribution < -0.4 is 5.32 Å². The molecule has 0 saturated carbocycles. The van der Waals surface area contributed by atoms with Crippen molar-refractivity contribution in [2.75, 3.05) is 6.54 Å². The molecule has 2 N–H and O–H groups in total. The van der Waals surface area contributed by atoms with Crippen molar-refractivity contribution in [2.45, 2.75) is 6.61 Å². The molecule has 1 rings (SSSR count). The van der Waals surface area contributed by atoms with Gasteiger partial charge in [0, 0.05) is 6.21 Å². The monoisotopic (exact) mass is 192 g/mol. The lowest BCUT2D eigenvalue weighted by Crippen LogP contribution is -2.25. The maximum atomic E-state index is 10.9. The summed E-state index contributed by atoms with van der Waals surface area (Å²) < 4.78 is 4.88. The average molecular weight is 192 g/mol. The van der Waals surface area contributed by atoms with Crippen LogP contribution in [0.5, 0.6) is 0 Å². The summed E-state index contributed by atoms with van der Waals surface area (Å²) in [4.78, 5) is 10.9. The van der Waals surface area contributed by atoms with Crippen molar-refractivity contribution in [1.29, 1.82) is 5.41 Å². The highest BCUT2D eigenvalue weighted by Gasteiger charge is 1.99. The molecule has 0 atom stereocenters. The molecular formula is C10H12N2O2. The first-order valence-corrected chi connectivity index (χ1v) is 4.26. The summed E-state index contributed by atoms with van der Waals surface area (Å²) in [6.07, 6.45) is 0.599. The van der Waals surface area contributed by atoms with E-state index in [1.807, 2.05) is 30.3 Å². The van der Waals surface area contributed by atoms with Crippen LogP contribution in [-0.4, -0.2) is 18.9 Å². The molecule has 1 aromatic rings. The second-order valence-corrected chi connectivity index (χ2v) is 2.65. The fraction of sp³-hybridized carbons (Fsp3) is 0.200. The van der Waals surface area contributed by atoms with Gasteiger partial charge in [-0.15, -0.1) is 0 Å². The average Bonchev–Trinajstić information content (AvgIpc) is 2.25. The van der Waals surface area contributed by atoms with Crippen molar-refractivity contribution in [2.24, 2.45) is 0 Å². The van der Waals surface area contributed by atoms with E-state index in [2.05, 4.69) is 5.32 Å². The van der Waals surface area contributed by atoms with Gasteiger partial charge in [0.05, 0.1) is 6.54 Å². The number of ether oxygens (including phenoxy) is 1. The molecule has 1 aromatic carbocycles. The quantitative estimate of drug-likeness (QED) is 0.711. The lowest BCUT2D eigenvalue weighted by Gasteiger charge is -2.04. The Morgan fingerprint density at radius 1 is 1.43 bits per heavy atom. The summed E-state index contributed by atoms with van der Waals surface area (Å²) in [5.74, 6) is 0. The molecule has 4 nitrogen and oxygen atoms in total. The molecule has 0 bridgehead atoms. The Labute approximate surface area is 82.4 Å². The minimum absolute atomic E-state index is 0.202. The predicted octanol–water partition coefficient (Wildman–Crippen LogP) is 1.56. The van der Waals surface area contributed by atoms with Crippen molar-refractivity contribution in [3.63, 3.8) is 0 Å². The lowest BCUT2D eigenvalue weighted by molar-refractivity contribution is 0.141. The van der Waals surface area contributed by atoms with Gasteiger partial charge in [0.1, 0.15) is 6.61 Å². The molecule has 74 valence electrons. The van der Waals surface area contributed by atoms with Crippen molar-refractivity contribution >= 4 is 12.3 Å². The van der Waals surface area contributed by atoms with Gasteiger partial charge in [0.15, 0.2) is 0 Å². The third kappa shape index (κ3) is 3.71. The van der Waals surface area contributed by atoms with E-state index in [9.17, 15) is 4.79 Å². The zero-order valence-corrected chi connectivity index (χ0v) is 7.69. The van der Waals surface area contributed by atoms with E-state index in [-0.39, 0.29) is 13.2 Å². The van der Waals surface area contributed by atoms with Gasteiger partial charge in [-0.05, 0) is 5.56 Å². The Kier molecular flexibility index (Phi) is 4.20. The largest absolute Gasteiger partial charge is 0.445 e. The topological polar surface area (TPSA) is 62.2 Å². The van der Waals surface area contributed by atoms with Crippen LogP contribution in [0.4, 0.5) is 4.79 Å². The number of amides is 1. The van der Waals surface area contributed by atoms with Gasteiger partial charge in [0.25, 0.3) is 0 Å². The van der Waals surface area contributed by atoms with Crippen LogP contribution in [0.3, 0.4) is 0 Å². The number of alkyl carbamates (subject to hydrolysis) is 1. The van der Waals surface area contributed by atoms with Gasteiger partial charge in [-0.2, -0.15) is 0 Å². The Morgan fingerprint density at radius 2 is 2.14 bits per heavy atom. The first kappa shape index (κ1) is 10.2. The highest BCUT2D eigenvalue weighted by molar-refractivity contribution is 5.71. The van der Waals surface area contributed by atoms with E-state index >= 15 is 0 Å².